The summed E-state index contributed by atoms with van der Waals surface area (Å²) in [4.78, 5) is 4.88. The maximum Gasteiger partial charge on any atom is 0.139 e. The highest BCUT2D eigenvalue weighted by Gasteiger charge is 2.36. The summed E-state index contributed by atoms with van der Waals surface area (Å²) in [7, 11) is 0. The lowest BCUT2D eigenvalue weighted by Crippen LogP contribution is -2.45. The molecule has 2 atom stereocenters. The molecule has 1 N–H and O–H groups in total. The minimum atomic E-state index is -0.247. The van der Waals surface area contributed by atoms with Gasteiger partial charge in [0.1, 0.15) is 11.2 Å². The number of fused-ring (bicyclic) bond motifs is 3. The number of aliphatic hydroxyl groups excluding tert-OH is 1. The lowest BCUT2D eigenvalue weighted by atomic mass is 10.1. The van der Waals surface area contributed by atoms with Crippen molar-refractivity contribution in [1.82, 2.24) is 9.80 Å². The zero-order valence-corrected chi connectivity index (χ0v) is 15.1. The monoisotopic (exact) mass is 350 g/mol. The van der Waals surface area contributed by atoms with E-state index < -0.39 is 0 Å². The van der Waals surface area contributed by atoms with Crippen molar-refractivity contribution in [3.63, 3.8) is 0 Å². The molecule has 0 amide bonds. The van der Waals surface area contributed by atoms with Crippen LogP contribution in [0.4, 0.5) is 0 Å². The van der Waals surface area contributed by atoms with Gasteiger partial charge in [-0.05, 0) is 32.0 Å². The number of nitrogens with zero attached hydrogens (tertiary/aromatic N) is 2. The van der Waals surface area contributed by atoms with Gasteiger partial charge in [-0.2, -0.15) is 0 Å². The number of hydrogen-bond donors (Lipinski definition) is 1. The van der Waals surface area contributed by atoms with Gasteiger partial charge in [-0.25, -0.2) is 0 Å². The van der Waals surface area contributed by atoms with E-state index in [1.165, 1.54) is 35.6 Å². The van der Waals surface area contributed by atoms with Crippen LogP contribution in [0.5, 0.6) is 0 Å². The fraction of sp³-hybridized carbons (Fsp3) is 0.455. The topological polar surface area (TPSA) is 39.9 Å². The molecule has 0 bridgehead atoms. The summed E-state index contributed by atoms with van der Waals surface area (Å²) in [5.74, 6) is 0. The first kappa shape index (κ1) is 16.3. The van der Waals surface area contributed by atoms with Crippen molar-refractivity contribution in [2.45, 2.75) is 38.0 Å². The number of para-hydroxylation sites is 2. The van der Waals surface area contributed by atoms with Crippen LogP contribution in [0.2, 0.25) is 0 Å². The summed E-state index contributed by atoms with van der Waals surface area (Å²) in [5, 5.41) is 13.0. The average Bonchev–Trinajstić information content (AvgIpc) is 3.23. The van der Waals surface area contributed by atoms with Gasteiger partial charge in [0, 0.05) is 42.0 Å². The Bertz CT molecular complexity index is 913. The largest absolute Gasteiger partial charge is 0.456 e. The van der Waals surface area contributed by atoms with E-state index in [1.54, 1.807) is 0 Å². The molecule has 0 unspecified atom stereocenters. The van der Waals surface area contributed by atoms with Gasteiger partial charge in [0.25, 0.3) is 0 Å². The third kappa shape index (κ3) is 2.82. The number of piperidine rings is 1. The molecule has 26 heavy (non-hydrogen) atoms. The maximum atomic E-state index is 10.6. The van der Waals surface area contributed by atoms with Gasteiger partial charge in [0.2, 0.25) is 0 Å². The molecule has 3 aromatic rings. The second-order valence-corrected chi connectivity index (χ2v) is 7.82. The summed E-state index contributed by atoms with van der Waals surface area (Å²) in [6.45, 7) is 4.79. The van der Waals surface area contributed by atoms with Crippen LogP contribution in [-0.2, 0) is 6.54 Å². The molecule has 2 aliphatic rings. The van der Waals surface area contributed by atoms with Gasteiger partial charge in [0.15, 0.2) is 0 Å². The molecule has 2 fully saturated rings. The number of aliphatic hydroxyl groups is 1. The van der Waals surface area contributed by atoms with Gasteiger partial charge in [-0.3, -0.25) is 9.80 Å². The highest BCUT2D eigenvalue weighted by Crippen LogP contribution is 2.32. The van der Waals surface area contributed by atoms with Gasteiger partial charge >= 0.3 is 0 Å². The van der Waals surface area contributed by atoms with Gasteiger partial charge in [-0.15, -0.1) is 0 Å². The SMILES string of the molecule is O[C@H]1CN(Cc2cccc3c2oc2ccccc23)C[C@@H]1N1CCCCC1. The lowest BCUT2D eigenvalue weighted by Gasteiger charge is -2.33. The molecular formula is C22H26N2O2. The van der Waals surface area contributed by atoms with Crippen LogP contribution < -0.4 is 0 Å². The Morgan fingerprint density at radius 3 is 2.62 bits per heavy atom. The molecule has 2 aromatic carbocycles. The number of furan rings is 1. The Labute approximate surface area is 154 Å². The average molecular weight is 350 g/mol. The molecule has 0 radical (unpaired) electrons. The molecular weight excluding hydrogens is 324 g/mol. The van der Waals surface area contributed by atoms with E-state index in [0.717, 1.165) is 43.9 Å². The Hall–Kier alpha value is -1.88. The highest BCUT2D eigenvalue weighted by molar-refractivity contribution is 6.05. The van der Waals surface area contributed by atoms with Crippen LogP contribution in [-0.4, -0.2) is 53.2 Å². The lowest BCUT2D eigenvalue weighted by molar-refractivity contribution is 0.0706. The van der Waals surface area contributed by atoms with Crippen molar-refractivity contribution in [3.05, 3.63) is 48.0 Å². The van der Waals surface area contributed by atoms with Crippen LogP contribution in [0.15, 0.2) is 46.9 Å². The van der Waals surface area contributed by atoms with Gasteiger partial charge in [0.05, 0.1) is 6.10 Å². The van der Waals surface area contributed by atoms with Crippen molar-refractivity contribution in [1.29, 1.82) is 0 Å². The van der Waals surface area contributed by atoms with Crippen molar-refractivity contribution in [2.75, 3.05) is 26.2 Å². The smallest absolute Gasteiger partial charge is 0.139 e. The maximum absolute atomic E-state index is 10.6. The molecule has 1 aromatic heterocycles. The molecule has 0 aliphatic carbocycles. The predicted octanol–water partition coefficient (Wildman–Crippen LogP) is 3.62. The molecule has 0 saturated carbocycles. The molecule has 4 heteroatoms. The Morgan fingerprint density at radius 2 is 1.73 bits per heavy atom. The quantitative estimate of drug-likeness (QED) is 0.783. The van der Waals surface area contributed by atoms with Crippen LogP contribution >= 0.6 is 0 Å². The van der Waals surface area contributed by atoms with E-state index in [1.807, 2.05) is 12.1 Å². The zero-order valence-electron chi connectivity index (χ0n) is 15.1. The minimum absolute atomic E-state index is 0.247. The number of likely N-dealkylation sites (tertiary alicyclic amines) is 2. The highest BCUT2D eigenvalue weighted by atomic mass is 16.3. The summed E-state index contributed by atoms with van der Waals surface area (Å²) in [6, 6.07) is 14.9. The van der Waals surface area contributed by atoms with Gasteiger partial charge in [-0.1, -0.05) is 42.8 Å². The molecule has 0 spiro atoms. The number of β-amino-alcohol motifs (C(OH)–C–C–N with tert-alkyl or cyclic N) is 1. The van der Waals surface area contributed by atoms with Crippen LogP contribution in [0, 0.1) is 0 Å². The predicted molar refractivity (Wildman–Crippen MR) is 104 cm³/mol. The Morgan fingerprint density at radius 1 is 0.923 bits per heavy atom. The first-order valence-corrected chi connectivity index (χ1v) is 9.83. The first-order chi connectivity index (χ1) is 12.8. The minimum Gasteiger partial charge on any atom is -0.456 e. The van der Waals surface area contributed by atoms with Crippen molar-refractivity contribution < 1.29 is 9.52 Å². The first-order valence-electron chi connectivity index (χ1n) is 9.83. The van der Waals surface area contributed by atoms with E-state index in [2.05, 4.69) is 40.1 Å². The third-order valence-electron chi connectivity index (χ3n) is 6.07. The third-order valence-corrected chi connectivity index (χ3v) is 6.07. The van der Waals surface area contributed by atoms with E-state index >= 15 is 0 Å². The van der Waals surface area contributed by atoms with Crippen LogP contribution in [0.25, 0.3) is 21.9 Å². The standard InChI is InChI=1S/C22H26N2O2/c25-20-15-23(14-19(20)24-11-4-1-5-12-24)13-16-7-6-9-18-17-8-2-3-10-21(17)26-22(16)18/h2-3,6-10,19-20,25H,1,4-5,11-15H2/t19-,20-/m0/s1. The summed E-state index contributed by atoms with van der Waals surface area (Å²) >= 11 is 0. The Kier molecular flexibility index (Phi) is 4.20. The van der Waals surface area contributed by atoms with Crippen molar-refractivity contribution in [2.24, 2.45) is 0 Å². The molecule has 2 saturated heterocycles. The van der Waals surface area contributed by atoms with Crippen molar-refractivity contribution >= 4 is 21.9 Å². The Balaban J connectivity index is 1.39. The van der Waals surface area contributed by atoms with Crippen molar-refractivity contribution in [3.8, 4) is 0 Å². The summed E-state index contributed by atoms with van der Waals surface area (Å²) < 4.78 is 6.16. The normalized spacial score (nSPS) is 25.4. The van der Waals surface area contributed by atoms with E-state index in [-0.39, 0.29) is 12.1 Å². The van der Waals surface area contributed by atoms with E-state index in [0.29, 0.717) is 0 Å². The molecule has 4 nitrogen and oxygen atoms in total. The van der Waals surface area contributed by atoms with E-state index in [9.17, 15) is 5.11 Å². The fourth-order valence-corrected chi connectivity index (χ4v) is 4.76. The molecule has 3 heterocycles. The second-order valence-electron chi connectivity index (χ2n) is 7.82. The molecule has 136 valence electrons. The summed E-state index contributed by atoms with van der Waals surface area (Å²) in [6.07, 6.45) is 3.61. The fourth-order valence-electron chi connectivity index (χ4n) is 4.76. The number of benzene rings is 2. The van der Waals surface area contributed by atoms with Crippen LogP contribution in [0.3, 0.4) is 0 Å². The van der Waals surface area contributed by atoms with Crippen LogP contribution in [0.1, 0.15) is 24.8 Å². The second kappa shape index (κ2) is 6.69. The molecule has 2 aliphatic heterocycles. The van der Waals surface area contributed by atoms with E-state index in [4.69, 9.17) is 4.42 Å². The summed E-state index contributed by atoms with van der Waals surface area (Å²) in [5.41, 5.74) is 3.15. The zero-order chi connectivity index (χ0) is 17.5. The number of rotatable bonds is 3. The molecule has 5 rings (SSSR count). The number of hydrogen-bond acceptors (Lipinski definition) is 4. The van der Waals surface area contributed by atoms with Gasteiger partial charge < -0.3 is 9.52 Å².